The maximum Gasteiger partial charge on any atom is 0.310 e. The van der Waals surface area contributed by atoms with Crippen LogP contribution in [0.25, 0.3) is 0 Å². The van der Waals surface area contributed by atoms with Crippen LogP contribution in [0.5, 0.6) is 0 Å². The molecule has 1 spiro atoms. The van der Waals surface area contributed by atoms with E-state index >= 15 is 0 Å². The van der Waals surface area contributed by atoms with Crippen molar-refractivity contribution in [2.45, 2.75) is 57.8 Å². The molecule has 1 saturated heterocycles. The van der Waals surface area contributed by atoms with Crippen molar-refractivity contribution in [3.8, 4) is 0 Å². The lowest BCUT2D eigenvalue weighted by Crippen LogP contribution is -2.60. The molecule has 2 saturated carbocycles. The fourth-order valence-corrected chi connectivity index (χ4v) is 4.55. The van der Waals surface area contributed by atoms with Gasteiger partial charge in [-0.2, -0.15) is 0 Å². The van der Waals surface area contributed by atoms with Crippen molar-refractivity contribution < 1.29 is 9.90 Å². The van der Waals surface area contributed by atoms with Crippen LogP contribution in [0.15, 0.2) is 0 Å². The Bertz CT molecular complexity index is 319. The van der Waals surface area contributed by atoms with Crippen molar-refractivity contribution in [1.82, 2.24) is 4.90 Å². The lowest BCUT2D eigenvalue weighted by molar-refractivity contribution is -0.153. The number of hydrogen-bond acceptors (Lipinski definition) is 2. The normalized spacial score (nSPS) is 30.2. The first-order chi connectivity index (χ1) is 8.64. The van der Waals surface area contributed by atoms with Gasteiger partial charge in [-0.15, -0.1) is 0 Å². The molecule has 3 aliphatic rings. The van der Waals surface area contributed by atoms with Crippen molar-refractivity contribution in [2.75, 3.05) is 19.6 Å². The second-order valence-corrected chi connectivity index (χ2v) is 7.00. The zero-order chi connectivity index (χ0) is 12.6. The minimum Gasteiger partial charge on any atom is -0.481 e. The molecule has 1 aliphatic heterocycles. The average molecular weight is 251 g/mol. The first-order valence-electron chi connectivity index (χ1n) is 7.60. The molecule has 3 nitrogen and oxygen atoms in total. The van der Waals surface area contributed by atoms with Crippen LogP contribution in [0.2, 0.25) is 0 Å². The number of carboxylic acid groups (broad SMARTS) is 1. The van der Waals surface area contributed by atoms with Crippen LogP contribution in [0.1, 0.15) is 57.8 Å². The molecule has 102 valence electrons. The van der Waals surface area contributed by atoms with Crippen molar-refractivity contribution >= 4 is 5.97 Å². The van der Waals surface area contributed by atoms with E-state index in [0.717, 1.165) is 32.2 Å². The van der Waals surface area contributed by atoms with Gasteiger partial charge in [0, 0.05) is 19.6 Å². The highest BCUT2D eigenvalue weighted by atomic mass is 16.4. The summed E-state index contributed by atoms with van der Waals surface area (Å²) < 4.78 is 0. The van der Waals surface area contributed by atoms with Gasteiger partial charge in [-0.25, -0.2) is 0 Å². The standard InChI is InChI=1S/C15H25NO2/c17-13(18)15(8-4-5-9-15)12-16-10-14(11-16)6-2-1-3-7-14/h1-12H2,(H,17,18). The predicted molar refractivity (Wildman–Crippen MR) is 70.5 cm³/mol. The van der Waals surface area contributed by atoms with Crippen LogP contribution in [0.4, 0.5) is 0 Å². The number of likely N-dealkylation sites (tertiary alicyclic amines) is 1. The monoisotopic (exact) mass is 251 g/mol. The average Bonchev–Trinajstić information content (AvgIpc) is 2.78. The molecule has 3 fully saturated rings. The van der Waals surface area contributed by atoms with E-state index in [1.165, 1.54) is 45.2 Å². The molecule has 0 amide bonds. The number of rotatable bonds is 3. The molecule has 0 bridgehead atoms. The fourth-order valence-electron chi connectivity index (χ4n) is 4.55. The molecule has 3 rings (SSSR count). The summed E-state index contributed by atoms with van der Waals surface area (Å²) >= 11 is 0. The molecule has 0 aromatic rings. The van der Waals surface area contributed by atoms with Crippen LogP contribution in [-0.2, 0) is 4.79 Å². The summed E-state index contributed by atoms with van der Waals surface area (Å²) in [6, 6.07) is 0. The topological polar surface area (TPSA) is 40.5 Å². The lowest BCUT2D eigenvalue weighted by Gasteiger charge is -2.54. The molecule has 0 atom stereocenters. The number of carboxylic acids is 1. The number of nitrogens with zero attached hydrogens (tertiary/aromatic N) is 1. The van der Waals surface area contributed by atoms with Crippen molar-refractivity contribution in [2.24, 2.45) is 10.8 Å². The molecule has 0 aromatic carbocycles. The van der Waals surface area contributed by atoms with Gasteiger partial charge in [0.2, 0.25) is 0 Å². The highest BCUT2D eigenvalue weighted by Gasteiger charge is 2.49. The van der Waals surface area contributed by atoms with E-state index in [9.17, 15) is 9.90 Å². The number of hydrogen-bond donors (Lipinski definition) is 1. The third-order valence-corrected chi connectivity index (χ3v) is 5.57. The summed E-state index contributed by atoms with van der Waals surface area (Å²) in [6.45, 7) is 3.15. The van der Waals surface area contributed by atoms with E-state index in [4.69, 9.17) is 0 Å². The molecule has 2 aliphatic carbocycles. The van der Waals surface area contributed by atoms with E-state index < -0.39 is 11.4 Å². The minimum absolute atomic E-state index is 0.406. The van der Waals surface area contributed by atoms with Gasteiger partial charge in [-0.05, 0) is 31.1 Å². The summed E-state index contributed by atoms with van der Waals surface area (Å²) in [4.78, 5) is 14.0. The van der Waals surface area contributed by atoms with Gasteiger partial charge in [-0.3, -0.25) is 4.79 Å². The maximum absolute atomic E-state index is 11.5. The Morgan fingerprint density at radius 2 is 1.50 bits per heavy atom. The van der Waals surface area contributed by atoms with Gasteiger partial charge in [0.05, 0.1) is 5.41 Å². The van der Waals surface area contributed by atoms with Gasteiger partial charge in [0.15, 0.2) is 0 Å². The number of aliphatic carboxylic acids is 1. The molecule has 18 heavy (non-hydrogen) atoms. The quantitative estimate of drug-likeness (QED) is 0.838. The lowest BCUT2D eigenvalue weighted by atomic mass is 9.68. The van der Waals surface area contributed by atoms with Gasteiger partial charge in [-0.1, -0.05) is 32.1 Å². The summed E-state index contributed by atoms with van der Waals surface area (Å²) in [6.07, 6.45) is 10.9. The Labute approximate surface area is 110 Å². The first kappa shape index (κ1) is 12.5. The van der Waals surface area contributed by atoms with Crippen molar-refractivity contribution in [3.05, 3.63) is 0 Å². The molecule has 3 heteroatoms. The van der Waals surface area contributed by atoms with Crippen LogP contribution in [0.3, 0.4) is 0 Å². The van der Waals surface area contributed by atoms with Gasteiger partial charge < -0.3 is 10.0 Å². The van der Waals surface area contributed by atoms with Crippen LogP contribution < -0.4 is 0 Å². The van der Waals surface area contributed by atoms with Crippen LogP contribution in [0, 0.1) is 10.8 Å². The molecular formula is C15H25NO2. The third kappa shape index (κ3) is 2.07. The Kier molecular flexibility index (Phi) is 3.13. The largest absolute Gasteiger partial charge is 0.481 e. The Balaban J connectivity index is 1.57. The number of carbonyl (C=O) groups is 1. The molecule has 1 N–H and O–H groups in total. The zero-order valence-corrected chi connectivity index (χ0v) is 11.3. The Morgan fingerprint density at radius 1 is 0.944 bits per heavy atom. The van der Waals surface area contributed by atoms with E-state index in [1.807, 2.05) is 0 Å². The SMILES string of the molecule is O=C(O)C1(CN2CC3(CCCCC3)C2)CCCC1. The predicted octanol–water partition coefficient (Wildman–Crippen LogP) is 2.90. The molecule has 0 unspecified atom stereocenters. The maximum atomic E-state index is 11.5. The van der Waals surface area contributed by atoms with Crippen molar-refractivity contribution in [1.29, 1.82) is 0 Å². The smallest absolute Gasteiger partial charge is 0.310 e. The molecular weight excluding hydrogens is 226 g/mol. The second kappa shape index (κ2) is 4.52. The van der Waals surface area contributed by atoms with Crippen LogP contribution in [-0.4, -0.2) is 35.6 Å². The van der Waals surface area contributed by atoms with E-state index in [1.54, 1.807) is 0 Å². The van der Waals surface area contributed by atoms with Crippen LogP contribution >= 0.6 is 0 Å². The van der Waals surface area contributed by atoms with Gasteiger partial charge in [0.25, 0.3) is 0 Å². The molecule has 0 radical (unpaired) electrons. The minimum atomic E-state index is -0.551. The molecule has 1 heterocycles. The van der Waals surface area contributed by atoms with Gasteiger partial charge >= 0.3 is 5.97 Å². The second-order valence-electron chi connectivity index (χ2n) is 7.00. The van der Waals surface area contributed by atoms with Crippen molar-refractivity contribution in [3.63, 3.8) is 0 Å². The van der Waals surface area contributed by atoms with Gasteiger partial charge in [0.1, 0.15) is 0 Å². The zero-order valence-electron chi connectivity index (χ0n) is 11.3. The van der Waals surface area contributed by atoms with E-state index in [0.29, 0.717) is 5.41 Å². The summed E-state index contributed by atoms with van der Waals surface area (Å²) in [7, 11) is 0. The summed E-state index contributed by atoms with van der Waals surface area (Å²) in [5, 5.41) is 9.51. The van der Waals surface area contributed by atoms with E-state index in [2.05, 4.69) is 4.90 Å². The molecule has 0 aromatic heterocycles. The highest BCUT2D eigenvalue weighted by Crippen LogP contribution is 2.47. The Hall–Kier alpha value is -0.570. The summed E-state index contributed by atoms with van der Waals surface area (Å²) in [5.74, 6) is -0.551. The third-order valence-electron chi connectivity index (χ3n) is 5.57. The first-order valence-corrected chi connectivity index (χ1v) is 7.60. The summed E-state index contributed by atoms with van der Waals surface area (Å²) in [5.41, 5.74) is 0.173. The Morgan fingerprint density at radius 3 is 2.06 bits per heavy atom. The highest BCUT2D eigenvalue weighted by molar-refractivity contribution is 5.75. The fraction of sp³-hybridized carbons (Fsp3) is 0.933. The van der Waals surface area contributed by atoms with E-state index in [-0.39, 0.29) is 0 Å².